The lowest BCUT2D eigenvalue weighted by Crippen LogP contribution is -2.23. The zero-order valence-electron chi connectivity index (χ0n) is 11.6. The van der Waals surface area contributed by atoms with E-state index in [1.165, 1.54) is 32.0 Å². The number of aryl methyl sites for hydroxylation is 1. The van der Waals surface area contributed by atoms with E-state index in [0.29, 0.717) is 0 Å². The minimum absolute atomic E-state index is 0.136. The summed E-state index contributed by atoms with van der Waals surface area (Å²) in [6, 6.07) is 13.4. The second-order valence-electron chi connectivity index (χ2n) is 5.76. The van der Waals surface area contributed by atoms with E-state index < -0.39 is 0 Å². The smallest absolute Gasteiger partial charge is 0.0486 e. The Morgan fingerprint density at radius 3 is 2.10 bits per heavy atom. The van der Waals surface area contributed by atoms with E-state index >= 15 is 0 Å². The second kappa shape index (κ2) is 4.31. The number of hydrogen-bond acceptors (Lipinski definition) is 2. The van der Waals surface area contributed by atoms with Gasteiger partial charge in [-0.2, -0.15) is 0 Å². The molecule has 20 heavy (non-hydrogen) atoms. The molecule has 0 N–H and O–H groups in total. The predicted molar refractivity (Wildman–Crippen MR) is 89.0 cm³/mol. The first kappa shape index (κ1) is 12.4. The molecule has 1 aliphatic rings. The van der Waals surface area contributed by atoms with E-state index in [2.05, 4.69) is 61.0 Å². The Labute approximate surface area is 127 Å². The van der Waals surface area contributed by atoms with Crippen molar-refractivity contribution < 1.29 is 0 Å². The summed E-state index contributed by atoms with van der Waals surface area (Å²) in [5.41, 5.74) is 6.04. The monoisotopic (exact) mass is 296 g/mol. The molecule has 0 bridgehead atoms. The van der Waals surface area contributed by atoms with E-state index in [1.807, 2.05) is 22.7 Å². The molecule has 2 heterocycles. The van der Waals surface area contributed by atoms with Gasteiger partial charge >= 0.3 is 0 Å². The third kappa shape index (κ3) is 1.58. The van der Waals surface area contributed by atoms with Gasteiger partial charge in [0.1, 0.15) is 0 Å². The lowest BCUT2D eigenvalue weighted by atomic mass is 9.76. The van der Waals surface area contributed by atoms with Crippen LogP contribution in [0.5, 0.6) is 0 Å². The van der Waals surface area contributed by atoms with Crippen LogP contribution in [0.1, 0.15) is 29.2 Å². The van der Waals surface area contributed by atoms with Crippen molar-refractivity contribution >= 4 is 22.7 Å². The SMILES string of the molecule is Cc1ccccc1CC1(C)c2ccsc2-c2sccc21. The van der Waals surface area contributed by atoms with E-state index in [4.69, 9.17) is 0 Å². The normalized spacial score (nSPS) is 15.1. The largest absolute Gasteiger partial charge is 0.143 e. The zero-order valence-corrected chi connectivity index (χ0v) is 13.3. The maximum absolute atomic E-state index is 2.41. The molecule has 0 saturated heterocycles. The summed E-state index contributed by atoms with van der Waals surface area (Å²) in [4.78, 5) is 2.98. The first-order valence-corrected chi connectivity index (χ1v) is 8.67. The molecule has 0 atom stereocenters. The van der Waals surface area contributed by atoms with Gasteiger partial charge in [0.2, 0.25) is 0 Å². The van der Waals surface area contributed by atoms with Crippen LogP contribution in [-0.2, 0) is 11.8 Å². The van der Waals surface area contributed by atoms with Gasteiger partial charge in [0.25, 0.3) is 0 Å². The average molecular weight is 296 g/mol. The molecular formula is C18H16S2. The Morgan fingerprint density at radius 1 is 0.900 bits per heavy atom. The molecule has 0 nitrogen and oxygen atoms in total. The van der Waals surface area contributed by atoms with E-state index in [1.54, 1.807) is 0 Å². The van der Waals surface area contributed by atoms with Crippen molar-refractivity contribution in [2.75, 3.05) is 0 Å². The molecule has 1 aromatic carbocycles. The molecule has 0 spiro atoms. The lowest BCUT2D eigenvalue weighted by Gasteiger charge is -2.26. The summed E-state index contributed by atoms with van der Waals surface area (Å²) in [7, 11) is 0. The Bertz CT molecular complexity index is 736. The fourth-order valence-electron chi connectivity index (χ4n) is 3.36. The predicted octanol–water partition coefficient (Wildman–Crippen LogP) is 5.65. The Hall–Kier alpha value is -1.38. The highest BCUT2D eigenvalue weighted by Gasteiger charge is 2.41. The summed E-state index contributed by atoms with van der Waals surface area (Å²) in [6.45, 7) is 4.63. The number of hydrogen-bond donors (Lipinski definition) is 0. The van der Waals surface area contributed by atoms with Crippen molar-refractivity contribution in [3.63, 3.8) is 0 Å². The fourth-order valence-corrected chi connectivity index (χ4v) is 5.61. The van der Waals surface area contributed by atoms with Gasteiger partial charge in [-0.3, -0.25) is 0 Å². The van der Waals surface area contributed by atoms with Crippen LogP contribution in [0, 0.1) is 6.92 Å². The number of benzene rings is 1. The van der Waals surface area contributed by atoms with E-state index in [9.17, 15) is 0 Å². The van der Waals surface area contributed by atoms with Crippen LogP contribution < -0.4 is 0 Å². The first-order chi connectivity index (χ1) is 9.70. The number of rotatable bonds is 2. The third-order valence-electron chi connectivity index (χ3n) is 4.53. The van der Waals surface area contributed by atoms with Gasteiger partial charge in [-0.05, 0) is 58.5 Å². The summed E-state index contributed by atoms with van der Waals surface area (Å²) < 4.78 is 0. The molecule has 0 aliphatic heterocycles. The summed E-state index contributed by atoms with van der Waals surface area (Å²) in [5.74, 6) is 0. The molecular weight excluding hydrogens is 280 g/mol. The third-order valence-corrected chi connectivity index (χ3v) is 6.52. The van der Waals surface area contributed by atoms with Crippen molar-refractivity contribution in [2.45, 2.75) is 25.7 Å². The maximum atomic E-state index is 2.41. The Morgan fingerprint density at radius 2 is 1.50 bits per heavy atom. The fraction of sp³-hybridized carbons (Fsp3) is 0.222. The van der Waals surface area contributed by atoms with E-state index in [-0.39, 0.29) is 5.41 Å². The molecule has 0 radical (unpaired) electrons. The molecule has 0 unspecified atom stereocenters. The molecule has 2 heteroatoms. The quantitative estimate of drug-likeness (QED) is 0.573. The highest BCUT2D eigenvalue weighted by molar-refractivity contribution is 7.21. The van der Waals surface area contributed by atoms with Crippen LogP contribution in [0.25, 0.3) is 9.75 Å². The Kier molecular flexibility index (Phi) is 2.66. The first-order valence-electron chi connectivity index (χ1n) is 6.91. The summed E-state index contributed by atoms with van der Waals surface area (Å²) >= 11 is 3.77. The number of thiophene rings is 2. The molecule has 0 fully saturated rings. The van der Waals surface area contributed by atoms with Crippen LogP contribution in [0.2, 0.25) is 0 Å². The van der Waals surface area contributed by atoms with Crippen LogP contribution in [0.4, 0.5) is 0 Å². The topological polar surface area (TPSA) is 0 Å². The maximum Gasteiger partial charge on any atom is 0.0486 e. The van der Waals surface area contributed by atoms with Gasteiger partial charge in [-0.15, -0.1) is 22.7 Å². The second-order valence-corrected chi connectivity index (χ2v) is 7.59. The molecule has 4 rings (SSSR count). The standard InChI is InChI=1S/C18H16S2/c1-12-5-3-4-6-13(12)11-18(2)14-7-9-19-16(14)17-15(18)8-10-20-17/h3-10H,11H2,1-2H3. The molecule has 0 saturated carbocycles. The van der Waals surface area contributed by atoms with Gasteiger partial charge in [0, 0.05) is 15.2 Å². The van der Waals surface area contributed by atoms with Crippen molar-refractivity contribution in [1.82, 2.24) is 0 Å². The minimum atomic E-state index is 0.136. The van der Waals surface area contributed by atoms with Gasteiger partial charge < -0.3 is 0 Å². The molecule has 0 amide bonds. The van der Waals surface area contributed by atoms with Gasteiger partial charge in [-0.1, -0.05) is 31.2 Å². The molecule has 2 aromatic heterocycles. The van der Waals surface area contributed by atoms with Crippen molar-refractivity contribution in [2.24, 2.45) is 0 Å². The van der Waals surface area contributed by atoms with E-state index in [0.717, 1.165) is 6.42 Å². The van der Waals surface area contributed by atoms with Gasteiger partial charge in [0.15, 0.2) is 0 Å². The lowest BCUT2D eigenvalue weighted by molar-refractivity contribution is 0.583. The van der Waals surface area contributed by atoms with Crippen LogP contribution >= 0.6 is 22.7 Å². The highest BCUT2D eigenvalue weighted by Crippen LogP contribution is 2.54. The van der Waals surface area contributed by atoms with Crippen molar-refractivity contribution in [3.05, 3.63) is 69.4 Å². The zero-order chi connectivity index (χ0) is 13.7. The van der Waals surface area contributed by atoms with Gasteiger partial charge in [0.05, 0.1) is 0 Å². The van der Waals surface area contributed by atoms with Crippen molar-refractivity contribution in [3.8, 4) is 9.75 Å². The summed E-state index contributed by atoms with van der Waals surface area (Å²) in [6.07, 6.45) is 1.09. The van der Waals surface area contributed by atoms with Crippen LogP contribution in [0.15, 0.2) is 47.2 Å². The molecule has 1 aliphatic carbocycles. The minimum Gasteiger partial charge on any atom is -0.143 e. The van der Waals surface area contributed by atoms with Crippen molar-refractivity contribution in [1.29, 1.82) is 0 Å². The highest BCUT2D eigenvalue weighted by atomic mass is 32.1. The van der Waals surface area contributed by atoms with Crippen LogP contribution in [-0.4, -0.2) is 0 Å². The van der Waals surface area contributed by atoms with Gasteiger partial charge in [-0.25, -0.2) is 0 Å². The number of fused-ring (bicyclic) bond motifs is 3. The average Bonchev–Trinajstić information content (AvgIpc) is 3.11. The molecule has 3 aromatic rings. The Balaban J connectivity index is 1.88. The molecule has 100 valence electrons. The summed E-state index contributed by atoms with van der Waals surface area (Å²) in [5, 5.41) is 4.48. The van der Waals surface area contributed by atoms with Crippen LogP contribution in [0.3, 0.4) is 0 Å².